The van der Waals surface area contributed by atoms with Crippen molar-refractivity contribution in [3.05, 3.63) is 12.2 Å². The summed E-state index contributed by atoms with van der Waals surface area (Å²) in [7, 11) is 0. The topological polar surface area (TPSA) is 73.6 Å². The van der Waals surface area contributed by atoms with Crippen molar-refractivity contribution in [2.75, 3.05) is 13.2 Å². The van der Waals surface area contributed by atoms with Crippen molar-refractivity contribution in [2.24, 2.45) is 5.84 Å². The summed E-state index contributed by atoms with van der Waals surface area (Å²) in [4.78, 5) is 11.1. The molecule has 5 nitrogen and oxygen atoms in total. The van der Waals surface area contributed by atoms with Gasteiger partial charge in [0.1, 0.15) is 6.10 Å². The molecule has 3 N–H and O–H groups in total. The largest absolute Gasteiger partial charge is 0.375 e. The number of hydrogen-bond donors (Lipinski definition) is 2. The Balaban J connectivity index is 2.16. The van der Waals surface area contributed by atoms with Crippen LogP contribution in [0.3, 0.4) is 0 Å². The molecule has 0 bridgehead atoms. The van der Waals surface area contributed by atoms with Crippen LogP contribution in [-0.2, 0) is 14.3 Å². The summed E-state index contributed by atoms with van der Waals surface area (Å²) in [6.45, 7) is 3.06. The molecule has 1 amide bonds. The van der Waals surface area contributed by atoms with E-state index in [2.05, 4.69) is 5.43 Å². The lowest BCUT2D eigenvalue weighted by atomic mass is 10.2. The summed E-state index contributed by atoms with van der Waals surface area (Å²) >= 11 is 0. The van der Waals surface area contributed by atoms with Crippen LogP contribution in [0.5, 0.6) is 0 Å². The molecule has 1 heterocycles. The number of carbonyl (C=O) groups is 1. The van der Waals surface area contributed by atoms with E-state index in [1.165, 1.54) is 0 Å². The molecule has 0 radical (unpaired) electrons. The lowest BCUT2D eigenvalue weighted by Gasteiger charge is -2.12. The number of nitrogens with two attached hydrogens (primary N) is 1. The standard InChI is InChI=1S/C10H18N2O3/c1-2-3-6-14-7-8-4-5-9(15-8)10(13)12-11/h2-3,8-9H,4-7,11H2,1H3,(H,12,13). The summed E-state index contributed by atoms with van der Waals surface area (Å²) < 4.78 is 10.8. The van der Waals surface area contributed by atoms with E-state index in [1.807, 2.05) is 19.1 Å². The SMILES string of the molecule is CC=CCOCC1CCC(C(=O)NN)O1. The highest BCUT2D eigenvalue weighted by Crippen LogP contribution is 2.19. The van der Waals surface area contributed by atoms with Gasteiger partial charge in [0.05, 0.1) is 19.3 Å². The summed E-state index contributed by atoms with van der Waals surface area (Å²) in [5.74, 6) is 4.76. The normalized spacial score (nSPS) is 26.0. The van der Waals surface area contributed by atoms with Crippen LogP contribution in [0, 0.1) is 0 Å². The number of rotatable bonds is 5. The van der Waals surface area contributed by atoms with Crippen molar-refractivity contribution in [1.82, 2.24) is 5.43 Å². The highest BCUT2D eigenvalue weighted by molar-refractivity contribution is 5.80. The number of carbonyl (C=O) groups excluding carboxylic acids is 1. The van der Waals surface area contributed by atoms with Gasteiger partial charge in [-0.05, 0) is 19.8 Å². The molecule has 0 aromatic rings. The third-order valence-electron chi connectivity index (χ3n) is 2.30. The third-order valence-corrected chi connectivity index (χ3v) is 2.30. The van der Waals surface area contributed by atoms with E-state index < -0.39 is 6.10 Å². The quantitative estimate of drug-likeness (QED) is 0.224. The van der Waals surface area contributed by atoms with E-state index in [4.69, 9.17) is 15.3 Å². The van der Waals surface area contributed by atoms with Crippen LogP contribution < -0.4 is 11.3 Å². The molecule has 0 saturated carbocycles. The lowest BCUT2D eigenvalue weighted by molar-refractivity contribution is -0.133. The molecule has 1 aliphatic heterocycles. The monoisotopic (exact) mass is 214 g/mol. The van der Waals surface area contributed by atoms with Gasteiger partial charge in [-0.25, -0.2) is 5.84 Å². The molecule has 1 rings (SSSR count). The van der Waals surface area contributed by atoms with Gasteiger partial charge in [0.2, 0.25) is 0 Å². The molecule has 5 heteroatoms. The van der Waals surface area contributed by atoms with Crippen molar-refractivity contribution < 1.29 is 14.3 Å². The second-order valence-corrected chi connectivity index (χ2v) is 3.44. The average Bonchev–Trinajstić information content (AvgIpc) is 2.72. The van der Waals surface area contributed by atoms with Gasteiger partial charge in [0.15, 0.2) is 0 Å². The molecule has 0 aromatic carbocycles. The zero-order valence-corrected chi connectivity index (χ0v) is 8.94. The van der Waals surface area contributed by atoms with Crippen molar-refractivity contribution in [2.45, 2.75) is 32.0 Å². The fourth-order valence-electron chi connectivity index (χ4n) is 1.48. The van der Waals surface area contributed by atoms with Crippen LogP contribution in [0.15, 0.2) is 12.2 Å². The van der Waals surface area contributed by atoms with Gasteiger partial charge < -0.3 is 9.47 Å². The van der Waals surface area contributed by atoms with Crippen LogP contribution in [0.4, 0.5) is 0 Å². The number of allylic oxidation sites excluding steroid dienone is 1. The zero-order valence-electron chi connectivity index (χ0n) is 8.94. The van der Waals surface area contributed by atoms with E-state index in [1.54, 1.807) is 0 Å². The first kappa shape index (κ1) is 12.2. The second-order valence-electron chi connectivity index (χ2n) is 3.44. The minimum Gasteiger partial charge on any atom is -0.375 e. The van der Waals surface area contributed by atoms with Crippen LogP contribution >= 0.6 is 0 Å². The number of nitrogens with one attached hydrogen (secondary N) is 1. The molecular weight excluding hydrogens is 196 g/mol. The van der Waals surface area contributed by atoms with Gasteiger partial charge >= 0.3 is 0 Å². The predicted molar refractivity (Wildman–Crippen MR) is 55.9 cm³/mol. The van der Waals surface area contributed by atoms with Gasteiger partial charge in [-0.15, -0.1) is 0 Å². The minimum absolute atomic E-state index is 0.0116. The van der Waals surface area contributed by atoms with Crippen LogP contribution in [0.2, 0.25) is 0 Å². The molecule has 2 unspecified atom stereocenters. The van der Waals surface area contributed by atoms with E-state index in [0.717, 1.165) is 6.42 Å². The Labute approximate surface area is 89.6 Å². The summed E-state index contributed by atoms with van der Waals surface area (Å²) in [5.41, 5.74) is 2.09. The number of ether oxygens (including phenoxy) is 2. The number of hydrazine groups is 1. The molecule has 2 atom stereocenters. The fraction of sp³-hybridized carbons (Fsp3) is 0.700. The van der Waals surface area contributed by atoms with Crippen LogP contribution in [-0.4, -0.2) is 31.3 Å². The first-order valence-electron chi connectivity index (χ1n) is 5.12. The van der Waals surface area contributed by atoms with Crippen molar-refractivity contribution in [3.63, 3.8) is 0 Å². The first-order chi connectivity index (χ1) is 7.27. The molecule has 1 aliphatic rings. The Morgan fingerprint density at radius 3 is 3.13 bits per heavy atom. The van der Waals surface area contributed by atoms with E-state index in [9.17, 15) is 4.79 Å². The predicted octanol–water partition coefficient (Wildman–Crippen LogP) is 0.117. The first-order valence-corrected chi connectivity index (χ1v) is 5.12. The smallest absolute Gasteiger partial charge is 0.263 e. The summed E-state index contributed by atoms with van der Waals surface area (Å²) in [6.07, 6.45) is 5.01. The van der Waals surface area contributed by atoms with E-state index in [0.29, 0.717) is 19.6 Å². The maximum absolute atomic E-state index is 11.1. The Bertz CT molecular complexity index is 231. The van der Waals surface area contributed by atoms with Crippen LogP contribution in [0.25, 0.3) is 0 Å². The maximum atomic E-state index is 11.1. The molecular formula is C10H18N2O3. The molecule has 15 heavy (non-hydrogen) atoms. The number of hydrogen-bond acceptors (Lipinski definition) is 4. The van der Waals surface area contributed by atoms with Gasteiger partial charge in [0.25, 0.3) is 5.91 Å². The maximum Gasteiger partial charge on any atom is 0.263 e. The Kier molecular flexibility index (Phi) is 5.31. The molecule has 1 fully saturated rings. The lowest BCUT2D eigenvalue weighted by Crippen LogP contribution is -2.39. The third kappa shape index (κ3) is 3.99. The van der Waals surface area contributed by atoms with Gasteiger partial charge in [-0.2, -0.15) is 0 Å². The van der Waals surface area contributed by atoms with E-state index in [-0.39, 0.29) is 12.0 Å². The molecule has 0 aliphatic carbocycles. The molecule has 0 spiro atoms. The number of amides is 1. The molecule has 86 valence electrons. The highest BCUT2D eigenvalue weighted by atomic mass is 16.5. The van der Waals surface area contributed by atoms with Crippen molar-refractivity contribution >= 4 is 5.91 Å². The average molecular weight is 214 g/mol. The zero-order chi connectivity index (χ0) is 11.1. The summed E-state index contributed by atoms with van der Waals surface area (Å²) in [5, 5.41) is 0. The van der Waals surface area contributed by atoms with Crippen LogP contribution in [0.1, 0.15) is 19.8 Å². The van der Waals surface area contributed by atoms with Gasteiger partial charge in [-0.1, -0.05) is 12.2 Å². The Morgan fingerprint density at radius 1 is 1.67 bits per heavy atom. The minimum atomic E-state index is -0.412. The molecule has 0 aromatic heterocycles. The Morgan fingerprint density at radius 2 is 2.47 bits per heavy atom. The van der Waals surface area contributed by atoms with Crippen molar-refractivity contribution in [1.29, 1.82) is 0 Å². The Hall–Kier alpha value is -0.910. The van der Waals surface area contributed by atoms with Gasteiger partial charge in [-0.3, -0.25) is 10.2 Å². The summed E-state index contributed by atoms with van der Waals surface area (Å²) in [6, 6.07) is 0. The van der Waals surface area contributed by atoms with Crippen molar-refractivity contribution in [3.8, 4) is 0 Å². The van der Waals surface area contributed by atoms with E-state index >= 15 is 0 Å². The second kappa shape index (κ2) is 6.55. The van der Waals surface area contributed by atoms with Gasteiger partial charge in [0, 0.05) is 0 Å². The molecule has 1 saturated heterocycles. The fourth-order valence-corrected chi connectivity index (χ4v) is 1.48. The highest BCUT2D eigenvalue weighted by Gasteiger charge is 2.30.